The predicted molar refractivity (Wildman–Crippen MR) is 88.8 cm³/mol. The zero-order valence-corrected chi connectivity index (χ0v) is 13.2. The highest BCUT2D eigenvalue weighted by Crippen LogP contribution is 2.48. The first kappa shape index (κ1) is 14.4. The summed E-state index contributed by atoms with van der Waals surface area (Å²) in [6.07, 6.45) is 15.6. The normalized spacial score (nSPS) is 28.6. The molecular weight excluding hydrogens is 256 g/mol. The molecule has 0 amide bonds. The third-order valence-electron chi connectivity index (χ3n) is 5.28. The molecule has 3 atom stereocenters. The van der Waals surface area contributed by atoms with Crippen molar-refractivity contribution in [2.45, 2.75) is 44.9 Å². The number of hydrogen-bond donors (Lipinski definition) is 0. The maximum atomic E-state index is 5.38. The Bertz CT molecular complexity index is 541. The van der Waals surface area contributed by atoms with Crippen LogP contribution in [0, 0.1) is 11.8 Å². The number of methoxy groups -OCH3 is 1. The van der Waals surface area contributed by atoms with Crippen LogP contribution in [0.2, 0.25) is 0 Å². The van der Waals surface area contributed by atoms with E-state index in [4.69, 9.17) is 4.74 Å². The fourth-order valence-electron chi connectivity index (χ4n) is 4.27. The van der Waals surface area contributed by atoms with Crippen molar-refractivity contribution in [2.75, 3.05) is 7.11 Å². The Morgan fingerprint density at radius 1 is 1.14 bits per heavy atom. The van der Waals surface area contributed by atoms with E-state index in [-0.39, 0.29) is 0 Å². The van der Waals surface area contributed by atoms with Crippen molar-refractivity contribution in [3.8, 4) is 5.75 Å². The van der Waals surface area contributed by atoms with E-state index in [0.717, 1.165) is 23.5 Å². The van der Waals surface area contributed by atoms with E-state index < -0.39 is 0 Å². The Labute approximate surface area is 128 Å². The van der Waals surface area contributed by atoms with Crippen molar-refractivity contribution < 1.29 is 4.74 Å². The molecule has 0 bridgehead atoms. The Morgan fingerprint density at radius 2 is 2.05 bits per heavy atom. The molecule has 1 saturated carbocycles. The molecule has 21 heavy (non-hydrogen) atoms. The molecule has 0 aromatic heterocycles. The van der Waals surface area contributed by atoms with Crippen molar-refractivity contribution in [3.05, 3.63) is 53.6 Å². The number of ether oxygens (including phenoxy) is 1. The van der Waals surface area contributed by atoms with Crippen LogP contribution in [0.5, 0.6) is 5.75 Å². The minimum Gasteiger partial charge on any atom is -0.497 e. The largest absolute Gasteiger partial charge is 0.497 e. The van der Waals surface area contributed by atoms with Crippen molar-refractivity contribution >= 4 is 0 Å². The summed E-state index contributed by atoms with van der Waals surface area (Å²) in [5.74, 6) is 3.36. The summed E-state index contributed by atoms with van der Waals surface area (Å²) in [4.78, 5) is 0. The van der Waals surface area contributed by atoms with Gasteiger partial charge in [-0.05, 0) is 73.6 Å². The van der Waals surface area contributed by atoms with Crippen LogP contribution < -0.4 is 4.74 Å². The highest BCUT2D eigenvalue weighted by Gasteiger charge is 2.36. The second kappa shape index (κ2) is 6.51. The number of hydrogen-bond acceptors (Lipinski definition) is 1. The number of fused-ring (bicyclic) bond motifs is 3. The lowest BCUT2D eigenvalue weighted by Crippen LogP contribution is -2.30. The molecule has 1 heteroatoms. The standard InChI is InChI=1S/C20H26O/c1-3-4-5-7-15-8-6-9-20-18(15)12-10-16-14-17(21-2)11-13-19(16)20/h3-5,7,11,13-15,18,20H,6,8-10,12H2,1-2H3/b4-3+,7-5+/t15-,18-,20-/m0/s1. The summed E-state index contributed by atoms with van der Waals surface area (Å²) < 4.78 is 5.38. The van der Waals surface area contributed by atoms with E-state index in [2.05, 4.69) is 49.4 Å². The SMILES string of the molecule is C/C=C/C=C/[C@H]1CCC[C@@H]2c3ccc(OC)cc3CC[C@H]21. The summed E-state index contributed by atoms with van der Waals surface area (Å²) in [6.45, 7) is 2.08. The van der Waals surface area contributed by atoms with Crippen LogP contribution in [0.4, 0.5) is 0 Å². The van der Waals surface area contributed by atoms with Crippen LogP contribution in [-0.4, -0.2) is 7.11 Å². The maximum Gasteiger partial charge on any atom is 0.119 e. The Morgan fingerprint density at radius 3 is 2.86 bits per heavy atom. The molecule has 0 N–H and O–H groups in total. The van der Waals surface area contributed by atoms with Crippen LogP contribution in [0.1, 0.15) is 49.7 Å². The van der Waals surface area contributed by atoms with Gasteiger partial charge in [-0.25, -0.2) is 0 Å². The predicted octanol–water partition coefficient (Wildman–Crippen LogP) is 5.27. The second-order valence-corrected chi connectivity index (χ2v) is 6.38. The van der Waals surface area contributed by atoms with E-state index in [1.54, 1.807) is 12.7 Å². The van der Waals surface area contributed by atoms with Gasteiger partial charge in [0.05, 0.1) is 7.11 Å². The molecule has 2 aliphatic carbocycles. The van der Waals surface area contributed by atoms with E-state index in [9.17, 15) is 0 Å². The molecule has 1 aromatic carbocycles. The van der Waals surface area contributed by atoms with Gasteiger partial charge in [0.15, 0.2) is 0 Å². The molecule has 0 unspecified atom stereocenters. The average Bonchev–Trinajstić information content (AvgIpc) is 2.54. The molecule has 0 saturated heterocycles. The highest BCUT2D eigenvalue weighted by molar-refractivity contribution is 5.40. The molecule has 0 aliphatic heterocycles. The molecule has 112 valence electrons. The fourth-order valence-corrected chi connectivity index (χ4v) is 4.27. The number of benzene rings is 1. The third-order valence-corrected chi connectivity index (χ3v) is 5.28. The second-order valence-electron chi connectivity index (χ2n) is 6.38. The minimum atomic E-state index is 0.758. The van der Waals surface area contributed by atoms with Crippen molar-refractivity contribution in [2.24, 2.45) is 11.8 Å². The van der Waals surface area contributed by atoms with Gasteiger partial charge in [0.1, 0.15) is 5.75 Å². The van der Waals surface area contributed by atoms with Gasteiger partial charge in [-0.15, -0.1) is 0 Å². The van der Waals surface area contributed by atoms with Crippen molar-refractivity contribution in [1.29, 1.82) is 0 Å². The Kier molecular flexibility index (Phi) is 4.48. The van der Waals surface area contributed by atoms with E-state index >= 15 is 0 Å². The molecule has 0 radical (unpaired) electrons. The van der Waals surface area contributed by atoms with E-state index in [1.807, 2.05) is 0 Å². The van der Waals surface area contributed by atoms with Gasteiger partial charge in [-0.2, -0.15) is 0 Å². The van der Waals surface area contributed by atoms with Crippen LogP contribution in [0.3, 0.4) is 0 Å². The maximum absolute atomic E-state index is 5.38. The topological polar surface area (TPSA) is 9.23 Å². The summed E-state index contributed by atoms with van der Waals surface area (Å²) in [7, 11) is 1.76. The van der Waals surface area contributed by atoms with Gasteiger partial charge in [-0.1, -0.05) is 36.8 Å². The monoisotopic (exact) mass is 282 g/mol. The van der Waals surface area contributed by atoms with Gasteiger partial charge in [0.25, 0.3) is 0 Å². The van der Waals surface area contributed by atoms with E-state index in [1.165, 1.54) is 37.7 Å². The summed E-state index contributed by atoms with van der Waals surface area (Å²) in [6, 6.07) is 6.72. The molecule has 1 nitrogen and oxygen atoms in total. The van der Waals surface area contributed by atoms with Gasteiger partial charge in [0.2, 0.25) is 0 Å². The first-order valence-electron chi connectivity index (χ1n) is 8.29. The Hall–Kier alpha value is -1.50. The lowest BCUT2D eigenvalue weighted by atomic mass is 9.63. The molecule has 0 heterocycles. The molecule has 1 fully saturated rings. The lowest BCUT2D eigenvalue weighted by Gasteiger charge is -2.41. The quantitative estimate of drug-likeness (QED) is 0.686. The van der Waals surface area contributed by atoms with Gasteiger partial charge in [0, 0.05) is 0 Å². The molecule has 1 aromatic rings. The molecule has 0 spiro atoms. The number of allylic oxidation sites excluding steroid dienone is 4. The zero-order valence-electron chi connectivity index (χ0n) is 13.2. The fraction of sp³-hybridized carbons (Fsp3) is 0.500. The third kappa shape index (κ3) is 2.92. The van der Waals surface area contributed by atoms with Crippen LogP contribution in [0.15, 0.2) is 42.5 Å². The van der Waals surface area contributed by atoms with Crippen LogP contribution in [0.25, 0.3) is 0 Å². The van der Waals surface area contributed by atoms with Crippen molar-refractivity contribution in [1.82, 2.24) is 0 Å². The van der Waals surface area contributed by atoms with Crippen LogP contribution >= 0.6 is 0 Å². The van der Waals surface area contributed by atoms with Gasteiger partial charge < -0.3 is 4.74 Å². The average molecular weight is 282 g/mol. The molecular formula is C20H26O. The van der Waals surface area contributed by atoms with E-state index in [0.29, 0.717) is 0 Å². The zero-order chi connectivity index (χ0) is 14.7. The lowest BCUT2D eigenvalue weighted by molar-refractivity contribution is 0.217. The minimum absolute atomic E-state index is 0.758. The van der Waals surface area contributed by atoms with Crippen LogP contribution in [-0.2, 0) is 6.42 Å². The smallest absolute Gasteiger partial charge is 0.119 e. The highest BCUT2D eigenvalue weighted by atomic mass is 16.5. The summed E-state index contributed by atoms with van der Waals surface area (Å²) >= 11 is 0. The number of aryl methyl sites for hydroxylation is 1. The first-order chi connectivity index (χ1) is 10.3. The Balaban J connectivity index is 1.84. The number of rotatable bonds is 3. The van der Waals surface area contributed by atoms with Crippen molar-refractivity contribution in [3.63, 3.8) is 0 Å². The summed E-state index contributed by atoms with van der Waals surface area (Å²) in [5.41, 5.74) is 3.12. The molecule has 2 aliphatic rings. The molecule has 3 rings (SSSR count). The van der Waals surface area contributed by atoms with Gasteiger partial charge >= 0.3 is 0 Å². The first-order valence-corrected chi connectivity index (χ1v) is 8.29. The summed E-state index contributed by atoms with van der Waals surface area (Å²) in [5, 5.41) is 0. The van der Waals surface area contributed by atoms with Gasteiger partial charge in [-0.3, -0.25) is 0 Å².